The molecule has 1 N–H and O–H groups in total. The van der Waals surface area contributed by atoms with Crippen LogP contribution in [-0.2, 0) is 0 Å². The molecule has 2 saturated heterocycles. The Kier molecular flexibility index (Phi) is 8.00. The van der Waals surface area contributed by atoms with Gasteiger partial charge in [0.05, 0.1) is 11.9 Å². The van der Waals surface area contributed by atoms with Gasteiger partial charge in [0.2, 0.25) is 0 Å². The number of benzene rings is 2. The molecule has 0 bridgehead atoms. The maximum Gasteiger partial charge on any atom is 0.253 e. The number of carbonyl (C=O) groups excluding carboxylic acids is 1. The summed E-state index contributed by atoms with van der Waals surface area (Å²) in [5.74, 6) is 0.102. The van der Waals surface area contributed by atoms with E-state index in [1.54, 1.807) is 0 Å². The van der Waals surface area contributed by atoms with Crippen LogP contribution in [-0.4, -0.2) is 127 Å². The van der Waals surface area contributed by atoms with Crippen LogP contribution in [0.5, 0.6) is 0 Å². The molecule has 0 saturated carbocycles. The van der Waals surface area contributed by atoms with E-state index in [1.165, 1.54) is 5.69 Å². The summed E-state index contributed by atoms with van der Waals surface area (Å²) in [5.41, 5.74) is 7.45. The topological polar surface area (TPSA) is 74.8 Å². The lowest BCUT2D eigenvalue weighted by Gasteiger charge is -2.35. The van der Waals surface area contributed by atoms with Gasteiger partial charge in [0.15, 0.2) is 5.65 Å². The van der Waals surface area contributed by atoms with E-state index in [9.17, 15) is 4.79 Å². The second-order valence-electron chi connectivity index (χ2n) is 11.5. The number of hydrogen-bond acceptors (Lipinski definition) is 7. The minimum Gasteiger partial charge on any atom is -0.369 e. The summed E-state index contributed by atoms with van der Waals surface area (Å²) in [6.07, 6.45) is 3.78. The van der Waals surface area contributed by atoms with Crippen molar-refractivity contribution in [3.8, 4) is 22.4 Å². The Morgan fingerprint density at radius 2 is 1.56 bits per heavy atom. The van der Waals surface area contributed by atoms with Crippen LogP contribution in [0, 0.1) is 0 Å². The summed E-state index contributed by atoms with van der Waals surface area (Å²) < 4.78 is 0. The number of nitrogens with one attached hydrogen (secondary N) is 1. The first-order valence-electron chi connectivity index (χ1n) is 14.6. The van der Waals surface area contributed by atoms with Crippen molar-refractivity contribution >= 4 is 22.8 Å². The number of aromatic nitrogens is 3. The number of piperazine rings is 2. The van der Waals surface area contributed by atoms with Crippen LogP contribution in [0.1, 0.15) is 10.4 Å². The summed E-state index contributed by atoms with van der Waals surface area (Å²) in [7, 11) is 6.37. The third-order valence-corrected chi connectivity index (χ3v) is 8.38. The number of anilines is 1. The standard InChI is InChI=1S/C32H40N8O/c1-36(2)12-15-38-16-20-40(21-17-38)32(41)26-6-4-24(5-7-26)28-22-33-31-30(28)35-29(23-34-31)25-8-10-27(11-9-25)39-18-13-37(3)14-19-39/h4-11,22-23H,12-21H2,1-3H3,(H,33,34). The van der Waals surface area contributed by atoms with Gasteiger partial charge in [-0.1, -0.05) is 24.3 Å². The van der Waals surface area contributed by atoms with E-state index in [1.807, 2.05) is 41.6 Å². The Labute approximate surface area is 242 Å². The van der Waals surface area contributed by atoms with Crippen molar-refractivity contribution < 1.29 is 4.79 Å². The van der Waals surface area contributed by atoms with Crippen molar-refractivity contribution in [2.75, 3.05) is 91.5 Å². The summed E-state index contributed by atoms with van der Waals surface area (Å²) in [5, 5.41) is 0. The highest BCUT2D eigenvalue weighted by atomic mass is 16.2. The molecule has 214 valence electrons. The molecule has 41 heavy (non-hydrogen) atoms. The van der Waals surface area contributed by atoms with Gasteiger partial charge in [0.25, 0.3) is 5.91 Å². The number of hydrogen-bond donors (Lipinski definition) is 1. The molecule has 4 aromatic rings. The summed E-state index contributed by atoms with van der Waals surface area (Å²) in [4.78, 5) is 37.5. The fourth-order valence-electron chi connectivity index (χ4n) is 5.65. The van der Waals surface area contributed by atoms with Gasteiger partial charge in [-0.05, 0) is 51.0 Å². The Morgan fingerprint density at radius 3 is 2.24 bits per heavy atom. The van der Waals surface area contributed by atoms with Gasteiger partial charge in [-0.3, -0.25) is 9.69 Å². The van der Waals surface area contributed by atoms with E-state index >= 15 is 0 Å². The lowest BCUT2D eigenvalue weighted by Crippen LogP contribution is -2.49. The van der Waals surface area contributed by atoms with Gasteiger partial charge in [-0.2, -0.15) is 0 Å². The average Bonchev–Trinajstić information content (AvgIpc) is 3.44. The molecular weight excluding hydrogens is 512 g/mol. The SMILES string of the molecule is CN(C)CCN1CCN(C(=O)c2ccc(-c3c[nH]c4ncc(-c5ccc(N6CCN(C)CC6)cc5)nc34)cc2)CC1. The summed E-state index contributed by atoms with van der Waals surface area (Å²) >= 11 is 0. The predicted octanol–water partition coefficient (Wildman–Crippen LogP) is 3.36. The van der Waals surface area contributed by atoms with Crippen molar-refractivity contribution in [1.82, 2.24) is 34.6 Å². The molecule has 6 rings (SSSR count). The Hall–Kier alpha value is -3.79. The minimum absolute atomic E-state index is 0.102. The van der Waals surface area contributed by atoms with Gasteiger partial charge in [0.1, 0.15) is 5.52 Å². The van der Waals surface area contributed by atoms with Crippen LogP contribution in [0.3, 0.4) is 0 Å². The van der Waals surface area contributed by atoms with Crippen molar-refractivity contribution in [3.63, 3.8) is 0 Å². The van der Waals surface area contributed by atoms with E-state index < -0.39 is 0 Å². The monoisotopic (exact) mass is 552 g/mol. The minimum atomic E-state index is 0.102. The summed E-state index contributed by atoms with van der Waals surface area (Å²) in [6.45, 7) is 9.74. The maximum atomic E-state index is 13.2. The second-order valence-corrected chi connectivity index (χ2v) is 11.5. The van der Waals surface area contributed by atoms with Crippen molar-refractivity contribution in [3.05, 3.63) is 66.5 Å². The fourth-order valence-corrected chi connectivity index (χ4v) is 5.65. The smallest absolute Gasteiger partial charge is 0.253 e. The predicted molar refractivity (Wildman–Crippen MR) is 165 cm³/mol. The third-order valence-electron chi connectivity index (χ3n) is 8.38. The van der Waals surface area contributed by atoms with Gasteiger partial charge < -0.3 is 24.6 Å². The molecule has 0 unspecified atom stereocenters. The zero-order valence-electron chi connectivity index (χ0n) is 24.4. The first kappa shape index (κ1) is 27.4. The highest BCUT2D eigenvalue weighted by Crippen LogP contribution is 2.30. The van der Waals surface area contributed by atoms with Gasteiger partial charge >= 0.3 is 0 Å². The van der Waals surface area contributed by atoms with E-state index in [2.05, 4.69) is 75.0 Å². The number of amides is 1. The van der Waals surface area contributed by atoms with Crippen LogP contribution in [0.25, 0.3) is 33.5 Å². The quantitative estimate of drug-likeness (QED) is 0.377. The molecule has 0 aliphatic carbocycles. The number of fused-ring (bicyclic) bond motifs is 1. The molecule has 2 aromatic heterocycles. The van der Waals surface area contributed by atoms with Crippen LogP contribution < -0.4 is 4.90 Å². The van der Waals surface area contributed by atoms with E-state index in [0.29, 0.717) is 0 Å². The van der Waals surface area contributed by atoms with Crippen molar-refractivity contribution in [2.45, 2.75) is 0 Å². The van der Waals surface area contributed by atoms with Gasteiger partial charge in [-0.15, -0.1) is 0 Å². The van der Waals surface area contributed by atoms with E-state index in [-0.39, 0.29) is 5.91 Å². The van der Waals surface area contributed by atoms with Crippen LogP contribution in [0.4, 0.5) is 5.69 Å². The van der Waals surface area contributed by atoms with E-state index in [4.69, 9.17) is 4.98 Å². The van der Waals surface area contributed by atoms with Crippen LogP contribution in [0.15, 0.2) is 60.9 Å². The molecule has 1 amide bonds. The average molecular weight is 553 g/mol. The summed E-state index contributed by atoms with van der Waals surface area (Å²) in [6, 6.07) is 16.5. The van der Waals surface area contributed by atoms with Crippen molar-refractivity contribution in [2.24, 2.45) is 0 Å². The van der Waals surface area contributed by atoms with Gasteiger partial charge in [0, 0.05) is 94.0 Å². The Balaban J connectivity index is 1.14. The molecule has 0 atom stereocenters. The highest BCUT2D eigenvalue weighted by Gasteiger charge is 2.22. The number of nitrogens with zero attached hydrogens (tertiary/aromatic N) is 7. The van der Waals surface area contributed by atoms with E-state index in [0.717, 1.165) is 105 Å². The van der Waals surface area contributed by atoms with Crippen LogP contribution in [0.2, 0.25) is 0 Å². The molecule has 2 fully saturated rings. The number of likely N-dealkylation sites (N-methyl/N-ethyl adjacent to an activating group) is 2. The molecule has 4 heterocycles. The number of H-pyrrole nitrogens is 1. The number of aromatic amines is 1. The first-order valence-corrected chi connectivity index (χ1v) is 14.6. The fraction of sp³-hybridized carbons (Fsp3) is 0.406. The Morgan fingerprint density at radius 1 is 0.878 bits per heavy atom. The molecule has 2 aliphatic heterocycles. The largest absolute Gasteiger partial charge is 0.369 e. The van der Waals surface area contributed by atoms with Crippen molar-refractivity contribution in [1.29, 1.82) is 0 Å². The second kappa shape index (κ2) is 12.0. The number of rotatable bonds is 7. The molecule has 0 spiro atoms. The molecule has 0 radical (unpaired) electrons. The lowest BCUT2D eigenvalue weighted by molar-refractivity contribution is 0.0630. The zero-order chi connectivity index (χ0) is 28.3. The number of carbonyl (C=O) groups is 1. The molecule has 9 heteroatoms. The Bertz CT molecular complexity index is 1460. The molecule has 2 aliphatic rings. The van der Waals surface area contributed by atoms with Crippen LogP contribution >= 0.6 is 0 Å². The molecule has 2 aromatic carbocycles. The maximum absolute atomic E-state index is 13.2. The molecular formula is C32H40N8O. The van der Waals surface area contributed by atoms with Gasteiger partial charge in [-0.25, -0.2) is 9.97 Å². The first-order chi connectivity index (χ1) is 19.9. The highest BCUT2D eigenvalue weighted by molar-refractivity contribution is 5.96. The lowest BCUT2D eigenvalue weighted by atomic mass is 10.0. The molecule has 9 nitrogen and oxygen atoms in total. The third kappa shape index (κ3) is 6.12. The zero-order valence-corrected chi connectivity index (χ0v) is 24.4. The normalized spacial score (nSPS) is 17.1.